The molecule has 1 aromatic heterocycles. The minimum atomic E-state index is -5.05. The van der Waals surface area contributed by atoms with Crippen LogP contribution in [0.2, 0.25) is 0 Å². The molecule has 198 valence electrons. The van der Waals surface area contributed by atoms with Gasteiger partial charge in [-0.2, -0.15) is 26.3 Å². The molecule has 0 saturated carbocycles. The lowest BCUT2D eigenvalue weighted by atomic mass is 10.0. The Hall–Kier alpha value is -4.01. The normalized spacial score (nSPS) is 12.0. The Morgan fingerprint density at radius 3 is 1.92 bits per heavy atom. The van der Waals surface area contributed by atoms with Gasteiger partial charge in [0.1, 0.15) is 0 Å². The van der Waals surface area contributed by atoms with Gasteiger partial charge in [0.25, 0.3) is 5.91 Å². The molecule has 0 bridgehead atoms. The fourth-order valence-corrected chi connectivity index (χ4v) is 4.10. The maximum absolute atomic E-state index is 13.5. The fourth-order valence-electron chi connectivity index (χ4n) is 4.10. The van der Waals surface area contributed by atoms with E-state index < -0.39 is 35.0 Å². The van der Waals surface area contributed by atoms with E-state index in [2.05, 4.69) is 0 Å². The molecule has 0 radical (unpaired) electrons. The first-order valence-electron chi connectivity index (χ1n) is 11.7. The SMILES string of the molecule is Cc1ccc(Cn2cccc2CN(Cc2ccccc2)C(=O)c2cc(C(F)(F)F)cc(C(F)(F)F)c2)cc1. The Labute approximate surface area is 215 Å². The van der Waals surface area contributed by atoms with Crippen molar-refractivity contribution in [3.8, 4) is 0 Å². The smallest absolute Gasteiger partial charge is 0.345 e. The lowest BCUT2D eigenvalue weighted by Crippen LogP contribution is -2.31. The van der Waals surface area contributed by atoms with Gasteiger partial charge < -0.3 is 9.47 Å². The molecule has 0 saturated heterocycles. The van der Waals surface area contributed by atoms with Crippen LogP contribution in [-0.2, 0) is 32.0 Å². The molecular weight excluding hydrogens is 506 g/mol. The molecule has 38 heavy (non-hydrogen) atoms. The number of aryl methyl sites for hydroxylation is 1. The first-order valence-corrected chi connectivity index (χ1v) is 11.7. The molecule has 1 amide bonds. The standard InChI is InChI=1S/C29H24F6N2O/c1-20-9-11-22(12-10-20)17-36-13-5-8-26(36)19-37(18-21-6-3-2-4-7-21)27(38)23-14-24(28(30,31)32)16-25(15-23)29(33,34)35/h2-16H,17-19H2,1H3. The van der Waals surface area contributed by atoms with Crippen molar-refractivity contribution >= 4 is 5.91 Å². The quantitative estimate of drug-likeness (QED) is 0.225. The summed E-state index contributed by atoms with van der Waals surface area (Å²) in [4.78, 5) is 14.8. The molecule has 1 heterocycles. The second-order valence-corrected chi connectivity index (χ2v) is 9.05. The average Bonchev–Trinajstić information content (AvgIpc) is 3.30. The highest BCUT2D eigenvalue weighted by Gasteiger charge is 2.38. The average molecular weight is 531 g/mol. The summed E-state index contributed by atoms with van der Waals surface area (Å²) in [6.45, 7) is 2.42. The van der Waals surface area contributed by atoms with E-state index >= 15 is 0 Å². The zero-order valence-electron chi connectivity index (χ0n) is 20.4. The summed E-state index contributed by atoms with van der Waals surface area (Å²) in [6, 6.07) is 21.1. The van der Waals surface area contributed by atoms with Crippen molar-refractivity contribution in [2.75, 3.05) is 0 Å². The maximum Gasteiger partial charge on any atom is 0.416 e. The van der Waals surface area contributed by atoms with Gasteiger partial charge in [-0.1, -0.05) is 60.2 Å². The van der Waals surface area contributed by atoms with Gasteiger partial charge in [-0.3, -0.25) is 4.79 Å². The van der Waals surface area contributed by atoms with E-state index in [4.69, 9.17) is 0 Å². The van der Waals surface area contributed by atoms with E-state index in [1.165, 1.54) is 4.90 Å². The second-order valence-electron chi connectivity index (χ2n) is 9.05. The largest absolute Gasteiger partial charge is 0.416 e. The minimum Gasteiger partial charge on any atom is -0.345 e. The molecule has 0 aliphatic carbocycles. The van der Waals surface area contributed by atoms with Gasteiger partial charge in [-0.15, -0.1) is 0 Å². The van der Waals surface area contributed by atoms with E-state index in [-0.39, 0.29) is 19.2 Å². The third-order valence-corrected chi connectivity index (χ3v) is 6.09. The van der Waals surface area contributed by atoms with Crippen LogP contribution >= 0.6 is 0 Å². The van der Waals surface area contributed by atoms with Crippen molar-refractivity contribution in [3.63, 3.8) is 0 Å². The number of hydrogen-bond acceptors (Lipinski definition) is 1. The Morgan fingerprint density at radius 2 is 1.34 bits per heavy atom. The van der Waals surface area contributed by atoms with Gasteiger partial charge >= 0.3 is 12.4 Å². The number of rotatable bonds is 7. The number of amides is 1. The van der Waals surface area contributed by atoms with Gasteiger partial charge in [0.2, 0.25) is 0 Å². The van der Waals surface area contributed by atoms with E-state index in [1.54, 1.807) is 42.5 Å². The molecule has 4 aromatic rings. The monoisotopic (exact) mass is 530 g/mol. The van der Waals surface area contributed by atoms with Crippen molar-refractivity contribution in [3.05, 3.63) is 130 Å². The first-order chi connectivity index (χ1) is 17.9. The maximum atomic E-state index is 13.5. The number of hydrogen-bond donors (Lipinski definition) is 0. The molecule has 0 N–H and O–H groups in total. The van der Waals surface area contributed by atoms with Crippen molar-refractivity contribution in [2.24, 2.45) is 0 Å². The summed E-state index contributed by atoms with van der Waals surface area (Å²) in [7, 11) is 0. The molecular formula is C29H24F6N2O. The van der Waals surface area contributed by atoms with Crippen LogP contribution in [0.15, 0.2) is 91.1 Å². The number of aromatic nitrogens is 1. The third kappa shape index (κ3) is 6.65. The molecule has 0 aliphatic rings. The molecule has 0 aliphatic heterocycles. The summed E-state index contributed by atoms with van der Waals surface area (Å²) < 4.78 is 82.5. The Kier molecular flexibility index (Phi) is 7.66. The van der Waals surface area contributed by atoms with Crippen LogP contribution in [0, 0.1) is 6.92 Å². The fraction of sp³-hybridized carbons (Fsp3) is 0.207. The van der Waals surface area contributed by atoms with Crippen molar-refractivity contribution < 1.29 is 31.1 Å². The van der Waals surface area contributed by atoms with E-state index in [0.29, 0.717) is 29.9 Å². The number of benzene rings is 3. The zero-order valence-corrected chi connectivity index (χ0v) is 20.4. The van der Waals surface area contributed by atoms with Gasteiger partial charge in [0.15, 0.2) is 0 Å². The van der Waals surface area contributed by atoms with Crippen LogP contribution in [-0.4, -0.2) is 15.4 Å². The topological polar surface area (TPSA) is 25.2 Å². The van der Waals surface area contributed by atoms with Gasteiger partial charge in [0.05, 0.1) is 17.7 Å². The molecule has 0 fully saturated rings. The molecule has 0 atom stereocenters. The summed E-state index contributed by atoms with van der Waals surface area (Å²) >= 11 is 0. The summed E-state index contributed by atoms with van der Waals surface area (Å²) in [5, 5.41) is 0. The summed E-state index contributed by atoms with van der Waals surface area (Å²) in [5.41, 5.74) is -0.281. The first kappa shape index (κ1) is 27.0. The summed E-state index contributed by atoms with van der Waals surface area (Å²) in [6.07, 6.45) is -8.29. The van der Waals surface area contributed by atoms with E-state index in [9.17, 15) is 31.1 Å². The minimum absolute atomic E-state index is 0.00696. The summed E-state index contributed by atoms with van der Waals surface area (Å²) in [5.74, 6) is -0.937. The lowest BCUT2D eigenvalue weighted by molar-refractivity contribution is -0.143. The van der Waals surface area contributed by atoms with Gasteiger partial charge in [-0.25, -0.2) is 0 Å². The highest BCUT2D eigenvalue weighted by molar-refractivity contribution is 5.94. The third-order valence-electron chi connectivity index (χ3n) is 6.09. The zero-order chi connectivity index (χ0) is 27.5. The van der Waals surface area contributed by atoms with E-state index in [0.717, 1.165) is 11.1 Å². The van der Waals surface area contributed by atoms with Crippen LogP contribution in [0.25, 0.3) is 0 Å². The van der Waals surface area contributed by atoms with E-state index in [1.807, 2.05) is 42.0 Å². The van der Waals surface area contributed by atoms with Crippen LogP contribution in [0.4, 0.5) is 26.3 Å². The lowest BCUT2D eigenvalue weighted by Gasteiger charge is -2.25. The molecule has 4 rings (SSSR count). The molecule has 9 heteroatoms. The molecule has 0 unspecified atom stereocenters. The number of carbonyl (C=O) groups excluding carboxylic acids is 1. The second kappa shape index (κ2) is 10.8. The number of alkyl halides is 6. The Balaban J connectivity index is 1.70. The molecule has 3 nitrogen and oxygen atoms in total. The van der Waals surface area contributed by atoms with Gasteiger partial charge in [-0.05, 0) is 48.4 Å². The Morgan fingerprint density at radius 1 is 0.737 bits per heavy atom. The van der Waals surface area contributed by atoms with Crippen LogP contribution in [0.1, 0.15) is 43.9 Å². The number of nitrogens with zero attached hydrogens (tertiary/aromatic N) is 2. The predicted octanol–water partition coefficient (Wildman–Crippen LogP) is 7.73. The number of halogens is 6. The van der Waals surface area contributed by atoms with Crippen LogP contribution in [0.3, 0.4) is 0 Å². The number of carbonyl (C=O) groups is 1. The van der Waals surface area contributed by atoms with Crippen molar-refractivity contribution in [1.82, 2.24) is 9.47 Å². The van der Waals surface area contributed by atoms with Gasteiger partial charge in [0, 0.05) is 30.5 Å². The molecule has 0 spiro atoms. The highest BCUT2D eigenvalue weighted by Crippen LogP contribution is 2.36. The highest BCUT2D eigenvalue weighted by atomic mass is 19.4. The van der Waals surface area contributed by atoms with Crippen LogP contribution in [0.5, 0.6) is 0 Å². The Bertz CT molecular complexity index is 1360. The molecule has 3 aromatic carbocycles. The van der Waals surface area contributed by atoms with Crippen LogP contribution < -0.4 is 0 Å². The van der Waals surface area contributed by atoms with Crippen molar-refractivity contribution in [1.29, 1.82) is 0 Å². The predicted molar refractivity (Wildman–Crippen MR) is 131 cm³/mol. The van der Waals surface area contributed by atoms with Crippen molar-refractivity contribution in [2.45, 2.75) is 38.9 Å².